The fraction of sp³-hybridized carbons (Fsp3) is 0.750. The van der Waals surface area contributed by atoms with E-state index in [-0.39, 0.29) is 19.6 Å². The van der Waals surface area contributed by atoms with E-state index in [9.17, 15) is 13.2 Å². The first kappa shape index (κ1) is 16.5. The zero-order chi connectivity index (χ0) is 14.5. The van der Waals surface area contributed by atoms with Crippen molar-refractivity contribution in [2.75, 3.05) is 6.61 Å². The van der Waals surface area contributed by atoms with E-state index in [2.05, 4.69) is 21.0 Å². The summed E-state index contributed by atoms with van der Waals surface area (Å²) < 4.78 is 43.9. The van der Waals surface area contributed by atoms with Crippen molar-refractivity contribution in [1.29, 1.82) is 0 Å². The van der Waals surface area contributed by atoms with E-state index < -0.39 is 12.6 Å². The van der Waals surface area contributed by atoms with Crippen LogP contribution in [0.4, 0.5) is 13.2 Å². The first-order chi connectivity index (χ1) is 8.89. The molecule has 0 radical (unpaired) electrons. The van der Waals surface area contributed by atoms with Crippen molar-refractivity contribution in [3.8, 4) is 0 Å². The molecule has 3 nitrogen and oxygen atoms in total. The van der Waals surface area contributed by atoms with Gasteiger partial charge in [0, 0.05) is 19.6 Å². The minimum atomic E-state index is -4.11. The number of ether oxygens (including phenoxy) is 1. The molecule has 0 spiro atoms. The van der Waals surface area contributed by atoms with Crippen molar-refractivity contribution in [2.45, 2.75) is 52.4 Å². The summed E-state index contributed by atoms with van der Waals surface area (Å²) in [5.74, 6) is 0. The van der Waals surface area contributed by atoms with Gasteiger partial charge < -0.3 is 4.74 Å². The van der Waals surface area contributed by atoms with Gasteiger partial charge in [-0.25, -0.2) is 0 Å². The van der Waals surface area contributed by atoms with Crippen LogP contribution in [0, 0.1) is 0 Å². The molecule has 1 aromatic heterocycles. The van der Waals surface area contributed by atoms with Crippen molar-refractivity contribution in [3.63, 3.8) is 0 Å². The lowest BCUT2D eigenvalue weighted by Crippen LogP contribution is -2.10. The van der Waals surface area contributed by atoms with Gasteiger partial charge in [0.05, 0.1) is 22.5 Å². The fourth-order valence-corrected chi connectivity index (χ4v) is 2.38. The van der Waals surface area contributed by atoms with Gasteiger partial charge in [0.15, 0.2) is 0 Å². The van der Waals surface area contributed by atoms with Gasteiger partial charge in [0.25, 0.3) is 0 Å². The van der Waals surface area contributed by atoms with Crippen molar-refractivity contribution < 1.29 is 17.9 Å². The van der Waals surface area contributed by atoms with Gasteiger partial charge in [-0.3, -0.25) is 4.68 Å². The van der Waals surface area contributed by atoms with E-state index in [1.54, 1.807) is 0 Å². The number of nitrogens with zero attached hydrogens (tertiary/aromatic N) is 2. The molecule has 0 fully saturated rings. The predicted octanol–water partition coefficient (Wildman–Crippen LogP) is 4.09. The molecule has 7 heteroatoms. The molecule has 19 heavy (non-hydrogen) atoms. The van der Waals surface area contributed by atoms with Crippen molar-refractivity contribution >= 4 is 15.9 Å². The highest BCUT2D eigenvalue weighted by molar-refractivity contribution is 9.10. The Kier molecular flexibility index (Phi) is 6.32. The lowest BCUT2D eigenvalue weighted by atomic mass is 10.3. The SMILES string of the molecule is CCc1nn(CC)c(COCCCC(F)(F)F)c1Br. The van der Waals surface area contributed by atoms with Gasteiger partial charge in [-0.2, -0.15) is 18.3 Å². The van der Waals surface area contributed by atoms with Crippen molar-refractivity contribution in [3.05, 3.63) is 15.9 Å². The van der Waals surface area contributed by atoms with Gasteiger partial charge in [-0.05, 0) is 35.7 Å². The number of hydrogen-bond acceptors (Lipinski definition) is 2. The second-order valence-corrected chi connectivity index (χ2v) is 4.94. The Bertz CT molecular complexity index is 404. The minimum Gasteiger partial charge on any atom is -0.375 e. The van der Waals surface area contributed by atoms with Gasteiger partial charge in [-0.1, -0.05) is 6.92 Å². The first-order valence-electron chi connectivity index (χ1n) is 6.27. The molecule has 0 unspecified atom stereocenters. The average Bonchev–Trinajstić information content (AvgIpc) is 2.64. The molecule has 0 amide bonds. The largest absolute Gasteiger partial charge is 0.389 e. The van der Waals surface area contributed by atoms with Crippen LogP contribution >= 0.6 is 15.9 Å². The lowest BCUT2D eigenvalue weighted by molar-refractivity contribution is -0.138. The Balaban J connectivity index is 2.47. The molecule has 0 aliphatic carbocycles. The van der Waals surface area contributed by atoms with Crippen LogP contribution < -0.4 is 0 Å². The van der Waals surface area contributed by atoms with Gasteiger partial charge >= 0.3 is 6.18 Å². The van der Waals surface area contributed by atoms with Crippen LogP contribution in [0.1, 0.15) is 38.1 Å². The number of halogens is 4. The van der Waals surface area contributed by atoms with Crippen LogP contribution in [0.5, 0.6) is 0 Å². The molecule has 0 saturated carbocycles. The number of hydrogen-bond donors (Lipinski definition) is 0. The van der Waals surface area contributed by atoms with E-state index in [1.807, 2.05) is 18.5 Å². The van der Waals surface area contributed by atoms with E-state index in [4.69, 9.17) is 4.74 Å². The minimum absolute atomic E-state index is 0.0119. The van der Waals surface area contributed by atoms with E-state index in [0.717, 1.165) is 22.3 Å². The van der Waals surface area contributed by atoms with Crippen molar-refractivity contribution in [2.24, 2.45) is 0 Å². The normalized spacial score (nSPS) is 12.1. The summed E-state index contributed by atoms with van der Waals surface area (Å²) in [6, 6.07) is 0. The molecule has 0 aliphatic heterocycles. The molecule has 1 aromatic rings. The third-order valence-corrected chi connectivity index (χ3v) is 3.60. The number of rotatable bonds is 7. The molecule has 0 N–H and O–H groups in total. The van der Waals surface area contributed by atoms with E-state index in [0.29, 0.717) is 6.54 Å². The van der Waals surface area contributed by atoms with Crippen LogP contribution in [-0.2, 0) is 24.3 Å². The maximum Gasteiger partial charge on any atom is 0.389 e. The quantitative estimate of drug-likeness (QED) is 0.698. The smallest absolute Gasteiger partial charge is 0.375 e. The summed E-state index contributed by atoms with van der Waals surface area (Å²) in [5.41, 5.74) is 1.82. The third kappa shape index (κ3) is 5.14. The molecule has 0 bridgehead atoms. The van der Waals surface area contributed by atoms with Crippen molar-refractivity contribution in [1.82, 2.24) is 9.78 Å². The summed E-state index contributed by atoms with van der Waals surface area (Å²) in [7, 11) is 0. The maximum atomic E-state index is 12.0. The van der Waals surface area contributed by atoms with Gasteiger partial charge in [-0.15, -0.1) is 0 Å². The molecule has 0 aliphatic rings. The summed E-state index contributed by atoms with van der Waals surface area (Å²) in [5, 5.41) is 4.39. The number of aromatic nitrogens is 2. The second kappa shape index (κ2) is 7.28. The highest BCUT2D eigenvalue weighted by Crippen LogP contribution is 2.24. The Morgan fingerprint density at radius 3 is 2.53 bits per heavy atom. The van der Waals surface area contributed by atoms with Gasteiger partial charge in [0.2, 0.25) is 0 Å². The third-order valence-electron chi connectivity index (χ3n) is 2.68. The van der Waals surface area contributed by atoms with E-state index in [1.165, 1.54) is 0 Å². The molecular formula is C12H18BrF3N2O. The number of alkyl halides is 3. The predicted molar refractivity (Wildman–Crippen MR) is 69.9 cm³/mol. The zero-order valence-electron chi connectivity index (χ0n) is 11.1. The average molecular weight is 343 g/mol. The summed E-state index contributed by atoms with van der Waals surface area (Å²) in [4.78, 5) is 0. The second-order valence-electron chi connectivity index (χ2n) is 4.15. The first-order valence-corrected chi connectivity index (χ1v) is 7.06. The standard InChI is InChI=1S/C12H18BrF3N2O/c1-3-9-11(13)10(18(4-2)17-9)8-19-7-5-6-12(14,15)16/h3-8H2,1-2H3. The van der Waals surface area contributed by atoms with Crippen LogP contribution in [0.3, 0.4) is 0 Å². The highest BCUT2D eigenvalue weighted by Gasteiger charge is 2.26. The van der Waals surface area contributed by atoms with Crippen LogP contribution in [0.15, 0.2) is 4.47 Å². The fourth-order valence-electron chi connectivity index (χ4n) is 1.70. The Morgan fingerprint density at radius 1 is 1.32 bits per heavy atom. The Morgan fingerprint density at radius 2 is 2.00 bits per heavy atom. The number of aryl methyl sites for hydroxylation is 2. The molecule has 1 rings (SSSR count). The Labute approximate surface area is 119 Å². The Hall–Kier alpha value is -0.560. The molecule has 0 saturated heterocycles. The summed E-state index contributed by atoms with van der Waals surface area (Å²) in [6.07, 6.45) is -4.12. The van der Waals surface area contributed by atoms with Crippen LogP contribution in [-0.4, -0.2) is 22.6 Å². The van der Waals surface area contributed by atoms with Crippen LogP contribution in [0.25, 0.3) is 0 Å². The molecular weight excluding hydrogens is 325 g/mol. The van der Waals surface area contributed by atoms with E-state index >= 15 is 0 Å². The van der Waals surface area contributed by atoms with Crippen LogP contribution in [0.2, 0.25) is 0 Å². The zero-order valence-corrected chi connectivity index (χ0v) is 12.6. The molecule has 0 atom stereocenters. The van der Waals surface area contributed by atoms with Gasteiger partial charge in [0.1, 0.15) is 0 Å². The molecule has 1 heterocycles. The highest BCUT2D eigenvalue weighted by atomic mass is 79.9. The lowest BCUT2D eigenvalue weighted by Gasteiger charge is -2.08. The molecule has 0 aromatic carbocycles. The summed E-state index contributed by atoms with van der Waals surface area (Å²) >= 11 is 3.46. The summed E-state index contributed by atoms with van der Waals surface area (Å²) in [6.45, 7) is 5.05. The monoisotopic (exact) mass is 342 g/mol. The molecule has 110 valence electrons. The maximum absolute atomic E-state index is 12.0. The topological polar surface area (TPSA) is 27.1 Å².